The van der Waals surface area contributed by atoms with Crippen LogP contribution in [-0.2, 0) is 0 Å². The van der Waals surface area contributed by atoms with E-state index in [-0.39, 0.29) is 30.3 Å². The molecule has 1 aromatic carbocycles. The van der Waals surface area contributed by atoms with Crippen LogP contribution in [0.15, 0.2) is 30.5 Å². The molecule has 1 aromatic heterocycles. The summed E-state index contributed by atoms with van der Waals surface area (Å²) >= 11 is 0. The summed E-state index contributed by atoms with van der Waals surface area (Å²) < 4.78 is 1.88. The molecule has 0 bridgehead atoms. The quantitative estimate of drug-likeness (QED) is 0.927. The predicted molar refractivity (Wildman–Crippen MR) is 98.1 cm³/mol. The molecule has 0 saturated carbocycles. The Kier molecular flexibility index (Phi) is 5.67. The Bertz CT molecular complexity index is 708. The van der Waals surface area contributed by atoms with Crippen LogP contribution in [0.5, 0.6) is 0 Å². The Balaban J connectivity index is 0.00000208. The number of carbonyl (C=O) groups excluding carboxylic acids is 1. The molecule has 3 rings (SSSR count). The lowest BCUT2D eigenvalue weighted by Gasteiger charge is -2.18. The molecule has 1 amide bonds. The Morgan fingerprint density at radius 2 is 1.96 bits per heavy atom. The molecule has 1 atom stereocenters. The number of halogens is 1. The number of hydrogen-bond acceptors (Lipinski definition) is 3. The zero-order valence-electron chi connectivity index (χ0n) is 14.4. The Morgan fingerprint density at radius 3 is 2.50 bits per heavy atom. The van der Waals surface area contributed by atoms with Gasteiger partial charge in [-0.25, -0.2) is 4.68 Å². The highest BCUT2D eigenvalue weighted by Gasteiger charge is 2.29. The molecule has 24 heavy (non-hydrogen) atoms. The van der Waals surface area contributed by atoms with Gasteiger partial charge in [0.05, 0.1) is 23.1 Å². The molecule has 2 N–H and O–H groups in total. The van der Waals surface area contributed by atoms with Crippen molar-refractivity contribution in [2.24, 2.45) is 5.73 Å². The summed E-state index contributed by atoms with van der Waals surface area (Å²) in [5.74, 6) is 0.244. The van der Waals surface area contributed by atoms with Gasteiger partial charge in [-0.05, 0) is 31.4 Å². The Labute approximate surface area is 149 Å². The average molecular weight is 349 g/mol. The molecular formula is C18H25ClN4O. The minimum absolute atomic E-state index is 0. The van der Waals surface area contributed by atoms with Gasteiger partial charge in [0.15, 0.2) is 0 Å². The van der Waals surface area contributed by atoms with Gasteiger partial charge < -0.3 is 10.6 Å². The molecule has 1 aliphatic rings. The second kappa shape index (κ2) is 7.36. The number of aromatic nitrogens is 2. The fourth-order valence-corrected chi connectivity index (χ4v) is 3.11. The molecule has 1 fully saturated rings. The van der Waals surface area contributed by atoms with E-state index in [4.69, 9.17) is 5.73 Å². The van der Waals surface area contributed by atoms with E-state index in [0.29, 0.717) is 12.1 Å². The van der Waals surface area contributed by atoms with Crippen molar-refractivity contribution in [1.29, 1.82) is 0 Å². The van der Waals surface area contributed by atoms with Crippen LogP contribution in [0.25, 0.3) is 5.69 Å². The maximum absolute atomic E-state index is 12.8. The first-order valence-electron chi connectivity index (χ1n) is 8.17. The third-order valence-corrected chi connectivity index (χ3v) is 4.37. The summed E-state index contributed by atoms with van der Waals surface area (Å²) in [5.41, 5.74) is 9.77. The van der Waals surface area contributed by atoms with Gasteiger partial charge in [0.2, 0.25) is 0 Å². The number of likely N-dealkylation sites (tertiary alicyclic amines) is 1. The average Bonchev–Trinajstić information content (AvgIpc) is 3.13. The zero-order chi connectivity index (χ0) is 16.6. The SMILES string of the molecule is Cc1ccc(-n2ncc(C(=O)N3CC[C@@H](N)C3)c2C(C)C)cc1.Cl. The molecule has 1 aliphatic heterocycles. The van der Waals surface area contributed by atoms with Crippen molar-refractivity contribution in [2.45, 2.75) is 39.2 Å². The number of aryl methyl sites for hydroxylation is 1. The lowest BCUT2D eigenvalue weighted by Crippen LogP contribution is -2.32. The molecule has 6 heteroatoms. The molecule has 0 spiro atoms. The number of nitrogens with two attached hydrogens (primary N) is 1. The molecule has 0 aliphatic carbocycles. The highest BCUT2D eigenvalue weighted by Crippen LogP contribution is 2.25. The van der Waals surface area contributed by atoms with E-state index in [1.807, 2.05) is 21.7 Å². The molecule has 5 nitrogen and oxygen atoms in total. The summed E-state index contributed by atoms with van der Waals surface area (Å²) in [5, 5.41) is 4.49. The van der Waals surface area contributed by atoms with Crippen molar-refractivity contribution in [3.05, 3.63) is 47.3 Å². The van der Waals surface area contributed by atoms with E-state index in [2.05, 4.69) is 38.0 Å². The van der Waals surface area contributed by atoms with Crippen molar-refractivity contribution < 1.29 is 4.79 Å². The number of rotatable bonds is 3. The lowest BCUT2D eigenvalue weighted by molar-refractivity contribution is 0.0789. The van der Waals surface area contributed by atoms with E-state index >= 15 is 0 Å². The van der Waals surface area contributed by atoms with Crippen LogP contribution in [-0.4, -0.2) is 39.7 Å². The van der Waals surface area contributed by atoms with Gasteiger partial charge in [0.25, 0.3) is 5.91 Å². The first-order chi connectivity index (χ1) is 11.0. The zero-order valence-corrected chi connectivity index (χ0v) is 15.2. The second-order valence-corrected chi connectivity index (χ2v) is 6.65. The Morgan fingerprint density at radius 1 is 1.29 bits per heavy atom. The van der Waals surface area contributed by atoms with E-state index in [9.17, 15) is 4.79 Å². The Hall–Kier alpha value is -1.85. The van der Waals surface area contributed by atoms with Gasteiger partial charge in [0.1, 0.15) is 0 Å². The van der Waals surface area contributed by atoms with Crippen molar-refractivity contribution in [2.75, 3.05) is 13.1 Å². The third-order valence-electron chi connectivity index (χ3n) is 4.37. The number of nitrogens with zero attached hydrogens (tertiary/aromatic N) is 3. The molecule has 130 valence electrons. The first-order valence-corrected chi connectivity index (χ1v) is 8.17. The van der Waals surface area contributed by atoms with Crippen molar-refractivity contribution >= 4 is 18.3 Å². The molecule has 1 saturated heterocycles. The lowest BCUT2D eigenvalue weighted by atomic mass is 10.0. The molecule has 2 heterocycles. The number of amides is 1. The largest absolute Gasteiger partial charge is 0.337 e. The maximum atomic E-state index is 12.8. The van der Waals surface area contributed by atoms with Gasteiger partial charge in [-0.15, -0.1) is 12.4 Å². The van der Waals surface area contributed by atoms with Crippen LogP contribution in [0.4, 0.5) is 0 Å². The van der Waals surface area contributed by atoms with Crippen LogP contribution in [0.2, 0.25) is 0 Å². The van der Waals surface area contributed by atoms with Gasteiger partial charge >= 0.3 is 0 Å². The summed E-state index contributed by atoms with van der Waals surface area (Å²) in [6.07, 6.45) is 2.57. The summed E-state index contributed by atoms with van der Waals surface area (Å²) in [6.45, 7) is 7.60. The van der Waals surface area contributed by atoms with Gasteiger partial charge in [-0.1, -0.05) is 31.5 Å². The van der Waals surface area contributed by atoms with Gasteiger partial charge in [0, 0.05) is 19.1 Å². The van der Waals surface area contributed by atoms with Crippen LogP contribution in [0, 0.1) is 6.92 Å². The fraction of sp³-hybridized carbons (Fsp3) is 0.444. The van der Waals surface area contributed by atoms with Crippen LogP contribution < -0.4 is 5.73 Å². The third kappa shape index (κ3) is 3.47. The topological polar surface area (TPSA) is 64.2 Å². The fourth-order valence-electron chi connectivity index (χ4n) is 3.11. The minimum Gasteiger partial charge on any atom is -0.337 e. The van der Waals surface area contributed by atoms with E-state index in [0.717, 1.165) is 24.3 Å². The monoisotopic (exact) mass is 348 g/mol. The molecule has 2 aromatic rings. The molecule has 0 radical (unpaired) electrons. The van der Waals surface area contributed by atoms with Gasteiger partial charge in [-0.3, -0.25) is 4.79 Å². The van der Waals surface area contributed by atoms with E-state index < -0.39 is 0 Å². The maximum Gasteiger partial charge on any atom is 0.257 e. The smallest absolute Gasteiger partial charge is 0.257 e. The number of benzene rings is 1. The highest BCUT2D eigenvalue weighted by atomic mass is 35.5. The van der Waals surface area contributed by atoms with Crippen molar-refractivity contribution in [1.82, 2.24) is 14.7 Å². The van der Waals surface area contributed by atoms with Crippen LogP contribution >= 0.6 is 12.4 Å². The minimum atomic E-state index is 0. The normalized spacial score (nSPS) is 17.2. The van der Waals surface area contributed by atoms with Crippen LogP contribution in [0.1, 0.15) is 47.8 Å². The van der Waals surface area contributed by atoms with E-state index in [1.165, 1.54) is 5.56 Å². The van der Waals surface area contributed by atoms with Crippen molar-refractivity contribution in [3.63, 3.8) is 0 Å². The number of carbonyl (C=O) groups is 1. The van der Waals surface area contributed by atoms with E-state index in [1.54, 1.807) is 6.20 Å². The molecule has 0 unspecified atom stereocenters. The standard InChI is InChI=1S/C18H24N4O.ClH/c1-12(2)17-16(18(23)21-9-8-14(19)11-21)10-20-22(17)15-6-4-13(3)5-7-15;/h4-7,10,12,14H,8-9,11,19H2,1-3H3;1H/t14-;/m1./s1. The highest BCUT2D eigenvalue weighted by molar-refractivity contribution is 5.95. The van der Waals surface area contributed by atoms with Crippen LogP contribution in [0.3, 0.4) is 0 Å². The predicted octanol–water partition coefficient (Wildman–Crippen LogP) is 2.90. The van der Waals surface area contributed by atoms with Gasteiger partial charge in [-0.2, -0.15) is 5.10 Å². The summed E-state index contributed by atoms with van der Waals surface area (Å²) in [7, 11) is 0. The second-order valence-electron chi connectivity index (χ2n) is 6.65. The summed E-state index contributed by atoms with van der Waals surface area (Å²) in [4.78, 5) is 14.7. The first kappa shape index (κ1) is 18.5. The summed E-state index contributed by atoms with van der Waals surface area (Å²) in [6, 6.07) is 8.28. The number of hydrogen-bond donors (Lipinski definition) is 1. The van der Waals surface area contributed by atoms with Crippen molar-refractivity contribution in [3.8, 4) is 5.69 Å². The molecular weight excluding hydrogens is 324 g/mol.